The molecule has 144 valence electrons. The fraction of sp³-hybridized carbons (Fsp3) is 0.0952. The number of carbonyl (C=O) groups is 1. The van der Waals surface area contributed by atoms with Crippen LogP contribution in [0.2, 0.25) is 0 Å². The Bertz CT molecular complexity index is 1070. The van der Waals surface area contributed by atoms with E-state index in [9.17, 15) is 13.2 Å². The highest BCUT2D eigenvalue weighted by atomic mass is 32.2. The Kier molecular flexibility index (Phi) is 5.65. The SMILES string of the molecule is COc1ccccc1Oc1ccc(NS(=O)(=O)c2ccc(C(C)=O)cc2)cc1. The molecule has 0 aromatic heterocycles. The van der Waals surface area contributed by atoms with Crippen LogP contribution in [0.1, 0.15) is 17.3 Å². The normalized spacial score (nSPS) is 10.9. The molecule has 0 bridgehead atoms. The average Bonchev–Trinajstić information content (AvgIpc) is 2.70. The van der Waals surface area contributed by atoms with Crippen molar-refractivity contribution in [3.63, 3.8) is 0 Å². The van der Waals surface area contributed by atoms with E-state index in [1.807, 2.05) is 12.1 Å². The van der Waals surface area contributed by atoms with Gasteiger partial charge in [0.1, 0.15) is 5.75 Å². The van der Waals surface area contributed by atoms with Crippen LogP contribution in [0, 0.1) is 0 Å². The lowest BCUT2D eigenvalue weighted by Crippen LogP contribution is -2.13. The molecule has 0 heterocycles. The zero-order chi connectivity index (χ0) is 20.1. The van der Waals surface area contributed by atoms with E-state index in [-0.39, 0.29) is 10.7 Å². The molecular weight excluding hydrogens is 378 g/mol. The van der Waals surface area contributed by atoms with Gasteiger partial charge in [0.05, 0.1) is 12.0 Å². The standard InChI is InChI=1S/C21H19NO5S/c1-15(23)16-7-13-19(14-8-16)28(24,25)22-17-9-11-18(12-10-17)27-21-6-4-3-5-20(21)26-2/h3-14,22H,1-2H3. The zero-order valence-corrected chi connectivity index (χ0v) is 16.2. The van der Waals surface area contributed by atoms with Gasteiger partial charge in [-0.2, -0.15) is 0 Å². The molecule has 7 heteroatoms. The second-order valence-corrected chi connectivity index (χ2v) is 7.65. The number of benzene rings is 3. The highest BCUT2D eigenvalue weighted by molar-refractivity contribution is 7.92. The third kappa shape index (κ3) is 4.50. The first-order valence-electron chi connectivity index (χ1n) is 8.44. The summed E-state index contributed by atoms with van der Waals surface area (Å²) in [5.41, 5.74) is 0.847. The number of nitrogens with one attached hydrogen (secondary N) is 1. The number of sulfonamides is 1. The summed E-state index contributed by atoms with van der Waals surface area (Å²) in [5.74, 6) is 1.57. The van der Waals surface area contributed by atoms with Crippen molar-refractivity contribution in [1.29, 1.82) is 0 Å². The maximum atomic E-state index is 12.5. The first-order valence-corrected chi connectivity index (χ1v) is 9.92. The fourth-order valence-electron chi connectivity index (χ4n) is 2.50. The average molecular weight is 397 g/mol. The lowest BCUT2D eigenvalue weighted by Gasteiger charge is -2.11. The molecule has 0 aliphatic carbocycles. The predicted molar refractivity (Wildman–Crippen MR) is 107 cm³/mol. The molecule has 0 aliphatic heterocycles. The summed E-state index contributed by atoms with van der Waals surface area (Å²) in [6.07, 6.45) is 0. The number of anilines is 1. The van der Waals surface area contributed by atoms with E-state index in [2.05, 4.69) is 4.72 Å². The molecule has 0 unspecified atom stereocenters. The Labute approximate surface area is 163 Å². The van der Waals surface area contributed by atoms with Gasteiger partial charge in [-0.25, -0.2) is 8.42 Å². The van der Waals surface area contributed by atoms with Crippen LogP contribution >= 0.6 is 0 Å². The smallest absolute Gasteiger partial charge is 0.261 e. The summed E-state index contributed by atoms with van der Waals surface area (Å²) in [6.45, 7) is 1.43. The minimum absolute atomic E-state index is 0.0758. The van der Waals surface area contributed by atoms with Crippen molar-refractivity contribution in [1.82, 2.24) is 0 Å². The predicted octanol–water partition coefficient (Wildman–Crippen LogP) is 4.49. The summed E-state index contributed by atoms with van der Waals surface area (Å²) in [4.78, 5) is 11.4. The van der Waals surface area contributed by atoms with Gasteiger partial charge in [0.15, 0.2) is 17.3 Å². The van der Waals surface area contributed by atoms with Gasteiger partial charge in [-0.1, -0.05) is 24.3 Å². The summed E-state index contributed by atoms with van der Waals surface area (Å²) < 4.78 is 38.5. The van der Waals surface area contributed by atoms with Crippen LogP contribution in [-0.4, -0.2) is 21.3 Å². The van der Waals surface area contributed by atoms with Crippen LogP contribution < -0.4 is 14.2 Å². The van der Waals surface area contributed by atoms with Crippen LogP contribution in [0.15, 0.2) is 77.7 Å². The molecule has 3 aromatic carbocycles. The van der Waals surface area contributed by atoms with Crippen molar-refractivity contribution in [2.45, 2.75) is 11.8 Å². The topological polar surface area (TPSA) is 81.7 Å². The second kappa shape index (κ2) is 8.14. The molecule has 28 heavy (non-hydrogen) atoms. The lowest BCUT2D eigenvalue weighted by atomic mass is 10.2. The van der Waals surface area contributed by atoms with Crippen molar-refractivity contribution < 1.29 is 22.7 Å². The fourth-order valence-corrected chi connectivity index (χ4v) is 3.56. The highest BCUT2D eigenvalue weighted by Crippen LogP contribution is 2.31. The lowest BCUT2D eigenvalue weighted by molar-refractivity contribution is 0.101. The Balaban J connectivity index is 1.73. The monoisotopic (exact) mass is 397 g/mol. The Morgan fingerprint density at radius 3 is 2.04 bits per heavy atom. The number of methoxy groups -OCH3 is 1. The number of carbonyl (C=O) groups excluding carboxylic acids is 1. The Morgan fingerprint density at radius 1 is 0.857 bits per heavy atom. The minimum atomic E-state index is -3.76. The van der Waals surface area contributed by atoms with Crippen LogP contribution in [-0.2, 0) is 10.0 Å². The molecule has 0 aliphatic rings. The van der Waals surface area contributed by atoms with Crippen molar-refractivity contribution in [2.24, 2.45) is 0 Å². The summed E-state index contributed by atoms with van der Waals surface area (Å²) in [6, 6.07) is 19.5. The summed E-state index contributed by atoms with van der Waals surface area (Å²) in [5, 5.41) is 0. The summed E-state index contributed by atoms with van der Waals surface area (Å²) >= 11 is 0. The van der Waals surface area contributed by atoms with Gasteiger partial charge in [-0.15, -0.1) is 0 Å². The molecule has 3 rings (SSSR count). The van der Waals surface area contributed by atoms with Crippen molar-refractivity contribution in [2.75, 3.05) is 11.8 Å². The molecule has 0 amide bonds. The molecule has 6 nitrogen and oxygen atoms in total. The minimum Gasteiger partial charge on any atom is -0.493 e. The molecule has 1 N–H and O–H groups in total. The first-order chi connectivity index (χ1) is 13.4. The largest absolute Gasteiger partial charge is 0.493 e. The van der Waals surface area contributed by atoms with E-state index < -0.39 is 10.0 Å². The van der Waals surface area contributed by atoms with Gasteiger partial charge in [0, 0.05) is 11.3 Å². The number of Topliss-reactive ketones (excluding diaryl/α,β-unsaturated/α-hetero) is 1. The van der Waals surface area contributed by atoms with Crippen molar-refractivity contribution in [3.8, 4) is 17.2 Å². The molecule has 0 atom stereocenters. The Hall–Kier alpha value is -3.32. The van der Waals surface area contributed by atoms with Crippen LogP contribution in [0.4, 0.5) is 5.69 Å². The van der Waals surface area contributed by atoms with Gasteiger partial charge < -0.3 is 9.47 Å². The van der Waals surface area contributed by atoms with E-state index in [1.54, 1.807) is 43.5 Å². The maximum Gasteiger partial charge on any atom is 0.261 e. The molecule has 0 saturated heterocycles. The number of ether oxygens (including phenoxy) is 2. The van der Waals surface area contributed by atoms with E-state index >= 15 is 0 Å². The van der Waals surface area contributed by atoms with Gasteiger partial charge >= 0.3 is 0 Å². The van der Waals surface area contributed by atoms with Crippen LogP contribution in [0.5, 0.6) is 17.2 Å². The van der Waals surface area contributed by atoms with Crippen molar-refractivity contribution >= 4 is 21.5 Å². The first kappa shape index (κ1) is 19.4. The molecular formula is C21H19NO5S. The highest BCUT2D eigenvalue weighted by Gasteiger charge is 2.15. The molecule has 0 fully saturated rings. The van der Waals surface area contributed by atoms with E-state index in [0.717, 1.165) is 0 Å². The van der Waals surface area contributed by atoms with Gasteiger partial charge in [-0.05, 0) is 55.5 Å². The third-order valence-electron chi connectivity index (χ3n) is 3.97. The zero-order valence-electron chi connectivity index (χ0n) is 15.4. The molecule has 0 spiro atoms. The number of ketones is 1. The van der Waals surface area contributed by atoms with E-state index in [1.165, 1.54) is 31.2 Å². The van der Waals surface area contributed by atoms with E-state index in [0.29, 0.717) is 28.5 Å². The van der Waals surface area contributed by atoms with Crippen LogP contribution in [0.3, 0.4) is 0 Å². The van der Waals surface area contributed by atoms with Crippen molar-refractivity contribution in [3.05, 3.63) is 78.4 Å². The second-order valence-electron chi connectivity index (χ2n) is 5.96. The molecule has 0 radical (unpaired) electrons. The number of rotatable bonds is 7. The molecule has 3 aromatic rings. The number of para-hydroxylation sites is 2. The van der Waals surface area contributed by atoms with Gasteiger partial charge in [-0.3, -0.25) is 9.52 Å². The van der Waals surface area contributed by atoms with Gasteiger partial charge in [0.2, 0.25) is 0 Å². The number of hydrogen-bond donors (Lipinski definition) is 1. The Morgan fingerprint density at radius 2 is 1.46 bits per heavy atom. The quantitative estimate of drug-likeness (QED) is 0.594. The van der Waals surface area contributed by atoms with Gasteiger partial charge in [0.25, 0.3) is 10.0 Å². The van der Waals surface area contributed by atoms with E-state index in [4.69, 9.17) is 9.47 Å². The third-order valence-corrected chi connectivity index (χ3v) is 5.37. The number of hydrogen-bond acceptors (Lipinski definition) is 5. The maximum absolute atomic E-state index is 12.5. The van der Waals surface area contributed by atoms with Crippen LogP contribution in [0.25, 0.3) is 0 Å². The molecule has 0 saturated carbocycles. The summed E-state index contributed by atoms with van der Waals surface area (Å²) in [7, 11) is -2.20.